The van der Waals surface area contributed by atoms with E-state index >= 15 is 0 Å². The molecule has 0 atom stereocenters. The van der Waals surface area contributed by atoms with Crippen molar-refractivity contribution in [2.45, 2.75) is 19.8 Å². The van der Waals surface area contributed by atoms with Crippen LogP contribution in [0, 0.1) is 0 Å². The molecule has 0 bridgehead atoms. The molecule has 1 aliphatic heterocycles. The Morgan fingerprint density at radius 3 is 2.68 bits per heavy atom. The first-order valence-corrected chi connectivity index (χ1v) is 10.7. The molecule has 0 amide bonds. The lowest BCUT2D eigenvalue weighted by atomic mass is 10.3. The molecule has 2 aromatic heterocycles. The number of halogens is 1. The summed E-state index contributed by atoms with van der Waals surface area (Å²) in [6, 6.07) is 10.3. The number of nitrogens with zero attached hydrogens (tertiary/aromatic N) is 4. The van der Waals surface area contributed by atoms with Gasteiger partial charge in [0.15, 0.2) is 5.96 Å². The summed E-state index contributed by atoms with van der Waals surface area (Å²) in [5, 5.41) is 10.3. The molecule has 1 saturated heterocycles. The Kier molecular flexibility index (Phi) is 10.4. The summed E-state index contributed by atoms with van der Waals surface area (Å²) in [7, 11) is 0. The maximum Gasteiger partial charge on any atom is 0.194 e. The number of rotatable bonds is 8. The zero-order valence-corrected chi connectivity index (χ0v) is 19.7. The minimum atomic E-state index is 0. The Labute approximate surface area is 189 Å². The van der Waals surface area contributed by atoms with Crippen molar-refractivity contribution < 1.29 is 0 Å². The van der Waals surface area contributed by atoms with Crippen LogP contribution in [-0.2, 0) is 0 Å². The summed E-state index contributed by atoms with van der Waals surface area (Å²) in [5.41, 5.74) is 0. The number of piperazine rings is 1. The normalized spacial score (nSPS) is 14.5. The summed E-state index contributed by atoms with van der Waals surface area (Å²) < 4.78 is 0. The van der Waals surface area contributed by atoms with E-state index in [1.807, 2.05) is 35.7 Å². The van der Waals surface area contributed by atoms with Crippen molar-refractivity contribution in [2.24, 2.45) is 4.99 Å². The Balaban J connectivity index is 0.00000280. The first kappa shape index (κ1) is 22.7. The molecule has 3 heterocycles. The molecule has 28 heavy (non-hydrogen) atoms. The van der Waals surface area contributed by atoms with Gasteiger partial charge in [-0.15, -0.1) is 35.3 Å². The van der Waals surface area contributed by atoms with Crippen LogP contribution in [0.4, 0.5) is 10.8 Å². The number of aromatic nitrogens is 1. The third-order valence-corrected chi connectivity index (χ3v) is 5.48. The third kappa shape index (κ3) is 7.12. The number of thiophene rings is 1. The smallest absolute Gasteiger partial charge is 0.194 e. The van der Waals surface area contributed by atoms with Crippen LogP contribution in [0.25, 0.3) is 0 Å². The average molecular weight is 514 g/mol. The van der Waals surface area contributed by atoms with Gasteiger partial charge in [0, 0.05) is 52.0 Å². The van der Waals surface area contributed by atoms with Crippen LogP contribution in [0.3, 0.4) is 0 Å². The zero-order valence-electron chi connectivity index (χ0n) is 16.5. The Morgan fingerprint density at radius 2 is 2.00 bits per heavy atom. The van der Waals surface area contributed by atoms with E-state index in [-0.39, 0.29) is 24.0 Å². The second kappa shape index (κ2) is 12.8. The van der Waals surface area contributed by atoms with Crippen molar-refractivity contribution in [3.63, 3.8) is 0 Å². The largest absolute Gasteiger partial charge is 0.370 e. The predicted octanol–water partition coefficient (Wildman–Crippen LogP) is 3.74. The molecule has 0 radical (unpaired) electrons. The fraction of sp³-hybridized carbons (Fsp3) is 0.500. The molecule has 0 unspecified atom stereocenters. The van der Waals surface area contributed by atoms with Gasteiger partial charge >= 0.3 is 0 Å². The van der Waals surface area contributed by atoms with Crippen LogP contribution in [0.1, 0.15) is 19.8 Å². The number of hydrogen-bond acceptors (Lipinski definition) is 5. The molecule has 1 fully saturated rings. The van der Waals surface area contributed by atoms with Crippen LogP contribution in [-0.4, -0.2) is 61.7 Å². The van der Waals surface area contributed by atoms with Crippen molar-refractivity contribution in [1.29, 1.82) is 0 Å². The fourth-order valence-corrected chi connectivity index (χ4v) is 3.91. The molecule has 1 aliphatic rings. The molecule has 154 valence electrons. The lowest BCUT2D eigenvalue weighted by Crippen LogP contribution is -2.52. The van der Waals surface area contributed by atoms with E-state index in [0.29, 0.717) is 0 Å². The molecular formula is C20H31IN6S. The van der Waals surface area contributed by atoms with Gasteiger partial charge in [-0.05, 0) is 49.4 Å². The molecule has 0 saturated carbocycles. The lowest BCUT2D eigenvalue weighted by molar-refractivity contribution is 0.373. The summed E-state index contributed by atoms with van der Waals surface area (Å²) in [4.78, 5) is 14.0. The summed E-state index contributed by atoms with van der Waals surface area (Å²) in [6.07, 6.45) is 3.98. The number of nitrogens with one attached hydrogen (secondary N) is 2. The van der Waals surface area contributed by atoms with Gasteiger partial charge in [-0.3, -0.25) is 4.99 Å². The molecule has 6 nitrogen and oxygen atoms in total. The SMILES string of the molecule is CCNC(=NCCCCNc1ccccn1)N1CCN(c2cccs2)CC1.I. The van der Waals surface area contributed by atoms with Crippen LogP contribution < -0.4 is 15.5 Å². The molecule has 2 aromatic rings. The van der Waals surface area contributed by atoms with Gasteiger partial charge in [0.1, 0.15) is 5.82 Å². The van der Waals surface area contributed by atoms with Gasteiger partial charge in [0.05, 0.1) is 5.00 Å². The van der Waals surface area contributed by atoms with E-state index in [9.17, 15) is 0 Å². The summed E-state index contributed by atoms with van der Waals surface area (Å²) in [6.45, 7) is 8.98. The number of anilines is 2. The summed E-state index contributed by atoms with van der Waals surface area (Å²) in [5.74, 6) is 2.00. The van der Waals surface area contributed by atoms with Crippen molar-refractivity contribution in [3.05, 3.63) is 41.9 Å². The van der Waals surface area contributed by atoms with Crippen LogP contribution in [0.15, 0.2) is 46.9 Å². The molecule has 3 rings (SSSR count). The number of guanidine groups is 1. The Bertz CT molecular complexity index is 671. The standard InChI is InChI=1S/C20H30N6S.HI/c1-2-21-20(24-12-6-5-11-23-18-8-3-4-10-22-18)26-15-13-25(14-16-26)19-9-7-17-27-19;/h3-4,7-10,17H,2,5-6,11-16H2,1H3,(H,21,24)(H,22,23);1H. The fourth-order valence-electron chi connectivity index (χ4n) is 3.12. The number of unbranched alkanes of at least 4 members (excludes halogenated alkanes) is 1. The van der Waals surface area contributed by atoms with Crippen molar-refractivity contribution >= 4 is 52.1 Å². The Morgan fingerprint density at radius 1 is 1.14 bits per heavy atom. The molecule has 0 aliphatic carbocycles. The Hall–Kier alpha value is -1.55. The molecule has 2 N–H and O–H groups in total. The van der Waals surface area contributed by atoms with Gasteiger partial charge in [-0.25, -0.2) is 4.98 Å². The molecular weight excluding hydrogens is 483 g/mol. The van der Waals surface area contributed by atoms with Gasteiger partial charge in [0.2, 0.25) is 0 Å². The van der Waals surface area contributed by atoms with Gasteiger partial charge in [0.25, 0.3) is 0 Å². The van der Waals surface area contributed by atoms with Crippen LogP contribution >= 0.6 is 35.3 Å². The van der Waals surface area contributed by atoms with Gasteiger partial charge in [-0.2, -0.15) is 0 Å². The third-order valence-electron chi connectivity index (χ3n) is 4.55. The van der Waals surface area contributed by atoms with Crippen molar-refractivity contribution in [2.75, 3.05) is 56.0 Å². The second-order valence-electron chi connectivity index (χ2n) is 6.51. The highest BCUT2D eigenvalue weighted by Gasteiger charge is 2.20. The highest BCUT2D eigenvalue weighted by Crippen LogP contribution is 2.22. The number of hydrogen-bond donors (Lipinski definition) is 2. The van der Waals surface area contributed by atoms with E-state index in [1.54, 1.807) is 0 Å². The molecule has 0 aromatic carbocycles. The molecule has 8 heteroatoms. The number of aliphatic imine (C=N–C) groups is 1. The van der Waals surface area contributed by atoms with E-state index in [4.69, 9.17) is 4.99 Å². The van der Waals surface area contributed by atoms with Crippen LogP contribution in [0.2, 0.25) is 0 Å². The van der Waals surface area contributed by atoms with E-state index < -0.39 is 0 Å². The van der Waals surface area contributed by atoms with E-state index in [2.05, 4.69) is 49.9 Å². The maximum atomic E-state index is 4.84. The summed E-state index contributed by atoms with van der Waals surface area (Å²) >= 11 is 1.82. The zero-order chi connectivity index (χ0) is 18.7. The maximum absolute atomic E-state index is 4.84. The van der Waals surface area contributed by atoms with E-state index in [0.717, 1.165) is 70.4 Å². The van der Waals surface area contributed by atoms with Crippen LogP contribution in [0.5, 0.6) is 0 Å². The average Bonchev–Trinajstić information content (AvgIpc) is 3.25. The second-order valence-corrected chi connectivity index (χ2v) is 7.44. The topological polar surface area (TPSA) is 55.8 Å². The quantitative estimate of drug-likeness (QED) is 0.243. The minimum absolute atomic E-state index is 0. The lowest BCUT2D eigenvalue weighted by Gasteiger charge is -2.37. The van der Waals surface area contributed by atoms with Gasteiger partial charge in [-0.1, -0.05) is 6.07 Å². The first-order chi connectivity index (χ1) is 13.4. The first-order valence-electron chi connectivity index (χ1n) is 9.83. The highest BCUT2D eigenvalue weighted by molar-refractivity contribution is 14.0. The van der Waals surface area contributed by atoms with Crippen molar-refractivity contribution in [3.8, 4) is 0 Å². The van der Waals surface area contributed by atoms with E-state index in [1.165, 1.54) is 5.00 Å². The van der Waals surface area contributed by atoms with Crippen molar-refractivity contribution in [1.82, 2.24) is 15.2 Å². The molecule has 0 spiro atoms. The number of pyridine rings is 1. The highest BCUT2D eigenvalue weighted by atomic mass is 127. The monoisotopic (exact) mass is 514 g/mol. The predicted molar refractivity (Wildman–Crippen MR) is 131 cm³/mol. The van der Waals surface area contributed by atoms with Gasteiger partial charge < -0.3 is 20.4 Å². The minimum Gasteiger partial charge on any atom is -0.370 e.